The molecule has 4 N–H and O–H groups in total. The lowest BCUT2D eigenvalue weighted by Crippen LogP contribution is -2.25. The van der Waals surface area contributed by atoms with Gasteiger partial charge in [0, 0.05) is 18.7 Å². The smallest absolute Gasteiger partial charge is 0.249 e. The Bertz CT molecular complexity index is 337. The van der Waals surface area contributed by atoms with Crippen molar-refractivity contribution in [1.82, 2.24) is 5.32 Å². The number of benzene rings is 1. The number of carbonyl (C=O) groups excluding carboxylic acids is 1. The lowest BCUT2D eigenvalue weighted by molar-refractivity contribution is 0.0999. The molecular weight excluding hydrogens is 192 g/mol. The van der Waals surface area contributed by atoms with E-state index in [1.54, 1.807) is 19.1 Å². The Hall–Kier alpha value is -1.39. The number of rotatable bonds is 5. The molecule has 0 aliphatic heterocycles. The zero-order valence-corrected chi connectivity index (χ0v) is 8.73. The summed E-state index contributed by atoms with van der Waals surface area (Å²) in [6.07, 6.45) is -0.397. The second-order valence-electron chi connectivity index (χ2n) is 3.50. The van der Waals surface area contributed by atoms with Gasteiger partial charge >= 0.3 is 0 Å². The van der Waals surface area contributed by atoms with E-state index in [0.717, 1.165) is 5.56 Å². The van der Waals surface area contributed by atoms with Crippen molar-refractivity contribution < 1.29 is 9.90 Å². The Morgan fingerprint density at radius 1 is 1.53 bits per heavy atom. The van der Waals surface area contributed by atoms with Crippen LogP contribution in [0.4, 0.5) is 0 Å². The van der Waals surface area contributed by atoms with E-state index in [9.17, 15) is 4.79 Å². The summed E-state index contributed by atoms with van der Waals surface area (Å²) in [6.45, 7) is 2.73. The molecule has 0 aromatic heterocycles. The molecule has 0 bridgehead atoms. The number of primary amides is 1. The van der Waals surface area contributed by atoms with Crippen molar-refractivity contribution in [1.29, 1.82) is 0 Å². The average molecular weight is 208 g/mol. The fraction of sp³-hybridized carbons (Fsp3) is 0.364. The number of aliphatic hydroxyl groups is 1. The van der Waals surface area contributed by atoms with E-state index in [1.807, 2.05) is 12.1 Å². The molecule has 0 heterocycles. The fourth-order valence-electron chi connectivity index (χ4n) is 1.33. The number of nitrogens with one attached hydrogen (secondary N) is 1. The normalized spacial score (nSPS) is 12.4. The minimum atomic E-state index is -0.426. The van der Waals surface area contributed by atoms with Crippen LogP contribution in [0.25, 0.3) is 0 Å². The highest BCUT2D eigenvalue weighted by Gasteiger charge is 2.06. The monoisotopic (exact) mass is 208 g/mol. The number of nitrogens with two attached hydrogens (primary N) is 1. The van der Waals surface area contributed by atoms with Gasteiger partial charge < -0.3 is 16.2 Å². The second-order valence-corrected chi connectivity index (χ2v) is 3.50. The first-order valence-electron chi connectivity index (χ1n) is 4.87. The standard InChI is InChI=1S/C11H16N2O2/c1-8(14)6-13-7-9-4-2-3-5-10(9)11(12)15/h2-5,8,13-14H,6-7H2,1H3,(H2,12,15). The third-order valence-corrected chi connectivity index (χ3v) is 2.04. The summed E-state index contributed by atoms with van der Waals surface area (Å²) in [5.74, 6) is -0.426. The summed E-state index contributed by atoms with van der Waals surface area (Å²) in [4.78, 5) is 11.1. The summed E-state index contributed by atoms with van der Waals surface area (Å²) in [5.41, 5.74) is 6.61. The molecular formula is C11H16N2O2. The maximum Gasteiger partial charge on any atom is 0.249 e. The van der Waals surface area contributed by atoms with Gasteiger partial charge in [-0.05, 0) is 18.6 Å². The largest absolute Gasteiger partial charge is 0.392 e. The van der Waals surface area contributed by atoms with Gasteiger partial charge in [-0.2, -0.15) is 0 Å². The molecule has 0 aliphatic carbocycles. The molecule has 0 saturated carbocycles. The maximum absolute atomic E-state index is 11.1. The highest BCUT2D eigenvalue weighted by atomic mass is 16.3. The lowest BCUT2D eigenvalue weighted by Gasteiger charge is -2.09. The number of amides is 1. The van der Waals surface area contributed by atoms with Gasteiger partial charge in [0.25, 0.3) is 0 Å². The van der Waals surface area contributed by atoms with E-state index in [4.69, 9.17) is 10.8 Å². The minimum absolute atomic E-state index is 0.397. The highest BCUT2D eigenvalue weighted by Crippen LogP contribution is 2.07. The molecule has 4 heteroatoms. The number of carbonyl (C=O) groups is 1. The van der Waals surface area contributed by atoms with Gasteiger partial charge in [-0.1, -0.05) is 18.2 Å². The molecule has 1 amide bonds. The van der Waals surface area contributed by atoms with E-state index in [2.05, 4.69) is 5.32 Å². The van der Waals surface area contributed by atoms with Crippen molar-refractivity contribution in [2.75, 3.05) is 6.54 Å². The van der Waals surface area contributed by atoms with Gasteiger partial charge in [0.15, 0.2) is 0 Å². The first-order chi connectivity index (χ1) is 7.11. The molecule has 15 heavy (non-hydrogen) atoms. The Morgan fingerprint density at radius 2 is 2.20 bits per heavy atom. The first-order valence-corrected chi connectivity index (χ1v) is 4.87. The molecule has 1 atom stereocenters. The van der Waals surface area contributed by atoms with Crippen LogP contribution in [0.5, 0.6) is 0 Å². The van der Waals surface area contributed by atoms with Gasteiger partial charge in [0.2, 0.25) is 5.91 Å². The number of aliphatic hydroxyl groups excluding tert-OH is 1. The van der Waals surface area contributed by atoms with Crippen LogP contribution in [-0.4, -0.2) is 23.7 Å². The predicted octanol–water partition coefficient (Wildman–Crippen LogP) is 0.256. The molecule has 1 aromatic carbocycles. The van der Waals surface area contributed by atoms with Crippen LogP contribution in [-0.2, 0) is 6.54 Å². The van der Waals surface area contributed by atoms with E-state index < -0.39 is 12.0 Å². The summed E-state index contributed by atoms with van der Waals surface area (Å²) < 4.78 is 0. The van der Waals surface area contributed by atoms with Crippen LogP contribution in [0.2, 0.25) is 0 Å². The van der Waals surface area contributed by atoms with Crippen LogP contribution in [0, 0.1) is 0 Å². The average Bonchev–Trinajstić information content (AvgIpc) is 2.17. The van der Waals surface area contributed by atoms with Crippen LogP contribution in [0.3, 0.4) is 0 Å². The van der Waals surface area contributed by atoms with Gasteiger partial charge in [0.05, 0.1) is 6.10 Å². The Kier molecular flexibility index (Phi) is 4.27. The van der Waals surface area contributed by atoms with Crippen LogP contribution in [0.15, 0.2) is 24.3 Å². The third kappa shape index (κ3) is 3.69. The van der Waals surface area contributed by atoms with Crippen molar-refractivity contribution >= 4 is 5.91 Å². The Labute approximate surface area is 89.1 Å². The van der Waals surface area contributed by atoms with E-state index in [0.29, 0.717) is 18.7 Å². The summed E-state index contributed by atoms with van der Waals surface area (Å²) in [6, 6.07) is 7.17. The van der Waals surface area contributed by atoms with E-state index in [-0.39, 0.29) is 0 Å². The van der Waals surface area contributed by atoms with Gasteiger partial charge in [0.1, 0.15) is 0 Å². The van der Waals surface area contributed by atoms with E-state index >= 15 is 0 Å². The van der Waals surface area contributed by atoms with Crippen molar-refractivity contribution in [3.05, 3.63) is 35.4 Å². The van der Waals surface area contributed by atoms with Gasteiger partial charge in [-0.15, -0.1) is 0 Å². The molecule has 0 fully saturated rings. The van der Waals surface area contributed by atoms with Crippen LogP contribution in [0.1, 0.15) is 22.8 Å². The molecule has 4 nitrogen and oxygen atoms in total. The SMILES string of the molecule is CC(O)CNCc1ccccc1C(N)=O. The minimum Gasteiger partial charge on any atom is -0.392 e. The molecule has 0 saturated heterocycles. The Morgan fingerprint density at radius 3 is 2.80 bits per heavy atom. The topological polar surface area (TPSA) is 75.3 Å². The zero-order chi connectivity index (χ0) is 11.3. The van der Waals surface area contributed by atoms with Gasteiger partial charge in [-0.3, -0.25) is 4.79 Å². The molecule has 1 aromatic rings. The van der Waals surface area contributed by atoms with Crippen molar-refractivity contribution in [3.63, 3.8) is 0 Å². The van der Waals surface area contributed by atoms with E-state index in [1.165, 1.54) is 0 Å². The second kappa shape index (κ2) is 5.48. The van der Waals surface area contributed by atoms with Gasteiger partial charge in [-0.25, -0.2) is 0 Å². The molecule has 0 aliphatic rings. The lowest BCUT2D eigenvalue weighted by atomic mass is 10.1. The molecule has 1 unspecified atom stereocenters. The number of hydrogen-bond donors (Lipinski definition) is 3. The number of hydrogen-bond acceptors (Lipinski definition) is 3. The molecule has 1 rings (SSSR count). The van der Waals surface area contributed by atoms with Crippen LogP contribution < -0.4 is 11.1 Å². The first kappa shape index (κ1) is 11.7. The molecule has 82 valence electrons. The summed E-state index contributed by atoms with van der Waals surface area (Å²) in [7, 11) is 0. The zero-order valence-electron chi connectivity index (χ0n) is 8.73. The highest BCUT2D eigenvalue weighted by molar-refractivity contribution is 5.94. The van der Waals surface area contributed by atoms with Crippen molar-refractivity contribution in [2.24, 2.45) is 5.73 Å². The quantitative estimate of drug-likeness (QED) is 0.649. The maximum atomic E-state index is 11.1. The summed E-state index contributed by atoms with van der Waals surface area (Å²) >= 11 is 0. The molecule has 0 radical (unpaired) electrons. The predicted molar refractivity (Wildman–Crippen MR) is 58.3 cm³/mol. The molecule has 0 spiro atoms. The van der Waals surface area contributed by atoms with Crippen LogP contribution >= 0.6 is 0 Å². The van der Waals surface area contributed by atoms with Crippen molar-refractivity contribution in [2.45, 2.75) is 19.6 Å². The van der Waals surface area contributed by atoms with Crippen molar-refractivity contribution in [3.8, 4) is 0 Å². The summed E-state index contributed by atoms with van der Waals surface area (Å²) in [5, 5.41) is 12.1. The third-order valence-electron chi connectivity index (χ3n) is 2.04. The Balaban J connectivity index is 2.63. The fourth-order valence-corrected chi connectivity index (χ4v) is 1.33.